The number of aliphatic imine (C=N–C) groups is 3. The third-order valence-corrected chi connectivity index (χ3v) is 13.3. The number of fused-ring (bicyclic) bond motifs is 2. The summed E-state index contributed by atoms with van der Waals surface area (Å²) in [5.74, 6) is 3.70. The van der Waals surface area contributed by atoms with Crippen LogP contribution in [0.5, 0.6) is 0 Å². The van der Waals surface area contributed by atoms with Crippen molar-refractivity contribution in [1.29, 1.82) is 0 Å². The van der Waals surface area contributed by atoms with Gasteiger partial charge >= 0.3 is 0 Å². The Hall–Kier alpha value is -4.30. The topological polar surface area (TPSA) is 93.4 Å². The van der Waals surface area contributed by atoms with E-state index in [9.17, 15) is 5.11 Å². The molecule has 75 heavy (non-hydrogen) atoms. The smallest absolute Gasteiger partial charge is 0.104 e. The van der Waals surface area contributed by atoms with Crippen LogP contribution in [0.4, 0.5) is 0 Å². The van der Waals surface area contributed by atoms with Gasteiger partial charge in [0.1, 0.15) is 17.5 Å². The molecule has 1 aliphatic carbocycles. The van der Waals surface area contributed by atoms with Gasteiger partial charge in [0.25, 0.3) is 0 Å². The first kappa shape index (κ1) is 65.0. The van der Waals surface area contributed by atoms with E-state index in [-0.39, 0.29) is 12.3 Å². The van der Waals surface area contributed by atoms with Crippen LogP contribution in [-0.2, 0) is 19.3 Å². The number of aliphatic hydroxyl groups is 1. The van der Waals surface area contributed by atoms with Gasteiger partial charge in [-0.3, -0.25) is 15.0 Å². The molecule has 3 atom stereocenters. The third kappa shape index (κ3) is 21.9. The summed E-state index contributed by atoms with van der Waals surface area (Å²) >= 11 is 0. The van der Waals surface area contributed by atoms with E-state index in [0.717, 1.165) is 69.3 Å². The molecule has 4 aliphatic rings. The number of benzene rings is 5. The fourth-order valence-corrected chi connectivity index (χ4v) is 9.23. The van der Waals surface area contributed by atoms with Crippen molar-refractivity contribution in [2.75, 3.05) is 39.3 Å². The van der Waals surface area contributed by atoms with E-state index >= 15 is 0 Å². The largest absolute Gasteiger partial charge is 0.389 e. The average molecular weight is 968 g/mol. The number of hydrogen-bond donors (Lipinski definition) is 4. The molecule has 0 amide bonds. The van der Waals surface area contributed by atoms with Crippen LogP contribution in [0.3, 0.4) is 0 Å². The summed E-state index contributed by atoms with van der Waals surface area (Å²) in [5, 5.41) is 23.1. The summed E-state index contributed by atoms with van der Waals surface area (Å²) in [6.45, 7) is 18.5. The van der Waals surface area contributed by atoms with Crippen molar-refractivity contribution in [3.8, 4) is 0 Å². The Bertz CT molecular complexity index is 2510. The van der Waals surface area contributed by atoms with E-state index in [4.69, 9.17) is 61.9 Å². The van der Waals surface area contributed by atoms with Crippen molar-refractivity contribution in [2.45, 2.75) is 104 Å². The van der Waals surface area contributed by atoms with Crippen LogP contribution in [0.15, 0.2) is 118 Å². The van der Waals surface area contributed by atoms with Crippen molar-refractivity contribution < 1.29 is 5.11 Å². The second-order valence-corrected chi connectivity index (χ2v) is 19.0. The Kier molecular flexibility index (Phi) is 31.1. The van der Waals surface area contributed by atoms with Crippen LogP contribution < -0.4 is 16.0 Å². The summed E-state index contributed by atoms with van der Waals surface area (Å²) in [4.78, 5) is 13.5. The number of amidine groups is 3. The molecule has 0 bridgehead atoms. The Labute approximate surface area is 468 Å². The Balaban J connectivity index is 0.000000250. The molecule has 4 N–H and O–H groups in total. The zero-order chi connectivity index (χ0) is 55.3. The van der Waals surface area contributed by atoms with Crippen LogP contribution in [0.2, 0.25) is 32.6 Å². The SMILES string of the molecule is Cc1cc(C)c(CC2=NCCN2)c(C)c1C.[B]B([B])C.[B]C.[B][B]B([B])C(CB([B])B([B])[B])C(O)c1ccccc1.[B][B]C.c1ccc2c(CC3=NCCN3)cccc2c1.c1ccc2c(c1)CCCC2C1=NCCN1. The van der Waals surface area contributed by atoms with Gasteiger partial charge in [0.2, 0.25) is 0 Å². The monoisotopic (exact) mass is 971 g/mol. The first-order valence-corrected chi connectivity index (χ1v) is 26.4. The van der Waals surface area contributed by atoms with E-state index < -0.39 is 25.5 Å². The maximum atomic E-state index is 10.4. The Morgan fingerprint density at radius 2 is 1.25 bits per heavy atom. The van der Waals surface area contributed by atoms with Crippen molar-refractivity contribution in [1.82, 2.24) is 16.0 Å². The van der Waals surface area contributed by atoms with Gasteiger partial charge < -0.3 is 21.1 Å². The van der Waals surface area contributed by atoms with Crippen molar-refractivity contribution in [2.24, 2.45) is 15.0 Å². The molecule has 362 valence electrons. The van der Waals surface area contributed by atoms with Gasteiger partial charge in [-0.2, -0.15) is 0 Å². The highest BCUT2D eigenvalue weighted by Crippen LogP contribution is 2.34. The normalized spacial score (nSPS) is 15.1. The molecule has 0 saturated carbocycles. The summed E-state index contributed by atoms with van der Waals surface area (Å²) in [6, 6.07) is 35.3. The molecule has 7 nitrogen and oxygen atoms in total. The minimum Gasteiger partial charge on any atom is -0.389 e. The molecule has 0 fully saturated rings. The predicted octanol–water partition coefficient (Wildman–Crippen LogP) is 5.02. The molecule has 22 heteroatoms. The summed E-state index contributed by atoms with van der Waals surface area (Å²) < 4.78 is 0. The number of rotatable bonds is 12. The van der Waals surface area contributed by atoms with E-state index in [1.807, 2.05) is 30.3 Å². The lowest BCUT2D eigenvalue weighted by Crippen LogP contribution is -2.43. The second kappa shape index (κ2) is 35.9. The molecule has 5 aromatic rings. The van der Waals surface area contributed by atoms with E-state index in [1.54, 1.807) is 13.6 Å². The molecule has 3 heterocycles. The number of nitrogens with zero attached hydrogens (tertiary/aromatic N) is 3. The molecular formula is C53H69B15N6O. The van der Waals surface area contributed by atoms with Gasteiger partial charge in [-0.05, 0) is 108 Å². The number of aliphatic hydroxyl groups excluding tert-OH is 1. The minimum absolute atomic E-state index is 0.167. The lowest BCUT2D eigenvalue weighted by Gasteiger charge is -2.31. The number of hydrogen-bond acceptors (Lipinski definition) is 7. The molecule has 20 radical (unpaired) electrons. The van der Waals surface area contributed by atoms with Gasteiger partial charge in [-0.15, -0.1) is 13.6 Å². The van der Waals surface area contributed by atoms with Crippen LogP contribution in [0.1, 0.15) is 74.9 Å². The van der Waals surface area contributed by atoms with Gasteiger partial charge in [0.05, 0.1) is 47.2 Å². The first-order chi connectivity index (χ1) is 36.1. The molecule has 3 unspecified atom stereocenters. The average Bonchev–Trinajstić information content (AvgIpc) is 4.26. The highest BCUT2D eigenvalue weighted by Gasteiger charge is 2.29. The predicted molar refractivity (Wildman–Crippen MR) is 344 cm³/mol. The standard InChI is InChI=1S/C14H14N2.C14H20N2.C13H16N2.C9H10B9O.CH3B3.CH3B2.CH3B/c1-2-7-13-11(4-1)5-3-6-12(13)10-14-15-8-9-16-14;1-9-7-10(2)13(12(4)11(9)3)8-14-15-5-6-16-14;1-2-6-11-10(4-1)5-3-7-12(11)13-14-8-9-15-13;10-15-17(12)8(6-16(11)18(13)14)9(19)7-4-2-1-3-5-7;1-4(2)3;1-3-2;1-2/h1-7H,8-10H2,(H,15,16);7H,5-6,8H2,1-4H3,(H,15,16);1-2,4,6,12H,3,5,7-9H2,(H,14,15);1-5,8-9,19H,6H2;1H3;1H3;1H3. The lowest BCUT2D eigenvalue weighted by molar-refractivity contribution is 0.173. The summed E-state index contributed by atoms with van der Waals surface area (Å²) in [7, 11) is 50.2. The highest BCUT2D eigenvalue weighted by atomic mass is 16.3. The fourth-order valence-electron chi connectivity index (χ4n) is 9.23. The molecule has 9 rings (SSSR count). The van der Waals surface area contributed by atoms with Gasteiger partial charge in [0, 0.05) is 127 Å². The van der Waals surface area contributed by atoms with Gasteiger partial charge in [-0.25, -0.2) is 0 Å². The maximum Gasteiger partial charge on any atom is 0.104 e. The zero-order valence-corrected chi connectivity index (χ0v) is 46.0. The molecule has 5 aromatic carbocycles. The Morgan fingerprint density at radius 1 is 0.693 bits per heavy atom. The molecule has 3 aliphatic heterocycles. The highest BCUT2D eigenvalue weighted by molar-refractivity contribution is 7.66. The Morgan fingerprint density at radius 3 is 1.84 bits per heavy atom. The number of nitrogens with one attached hydrogen (secondary N) is 3. The van der Waals surface area contributed by atoms with Crippen molar-refractivity contribution >= 4 is 138 Å². The lowest BCUT2D eigenvalue weighted by atomic mass is 8.85. The van der Waals surface area contributed by atoms with Crippen molar-refractivity contribution in [3.63, 3.8) is 0 Å². The van der Waals surface area contributed by atoms with Crippen molar-refractivity contribution in [3.05, 3.63) is 153 Å². The molecule has 0 aromatic heterocycles. The summed E-state index contributed by atoms with van der Waals surface area (Å²) in [6.07, 6.45) is 4.63. The number of aryl methyl sites for hydroxylation is 3. The van der Waals surface area contributed by atoms with Crippen LogP contribution in [0.25, 0.3) is 10.8 Å². The zero-order valence-electron chi connectivity index (χ0n) is 46.0. The van der Waals surface area contributed by atoms with Gasteiger partial charge in [-0.1, -0.05) is 122 Å². The fraction of sp³-hybridized carbons (Fsp3) is 0.415. The summed E-state index contributed by atoms with van der Waals surface area (Å²) in [5.41, 5.74) is 12.2. The molecule has 0 saturated heterocycles. The second-order valence-electron chi connectivity index (χ2n) is 19.0. The van der Waals surface area contributed by atoms with Gasteiger partial charge in [0.15, 0.2) is 0 Å². The first-order valence-electron chi connectivity index (χ1n) is 26.4. The van der Waals surface area contributed by atoms with E-state index in [2.05, 4.69) is 139 Å². The minimum atomic E-state index is -0.763. The maximum absolute atomic E-state index is 10.4. The van der Waals surface area contributed by atoms with Crippen LogP contribution in [0, 0.1) is 27.7 Å². The van der Waals surface area contributed by atoms with Crippen LogP contribution in [-0.4, -0.2) is 172 Å². The van der Waals surface area contributed by atoms with E-state index in [1.165, 1.54) is 101 Å². The van der Waals surface area contributed by atoms with E-state index in [0.29, 0.717) is 12.2 Å². The molecule has 0 spiro atoms. The third-order valence-electron chi connectivity index (χ3n) is 13.3. The molecular weight excluding hydrogens is 899 g/mol. The van der Waals surface area contributed by atoms with Crippen LogP contribution >= 0.6 is 0 Å². The quantitative estimate of drug-likeness (QED) is 0.132.